The van der Waals surface area contributed by atoms with Gasteiger partial charge >= 0.3 is 0 Å². The van der Waals surface area contributed by atoms with Crippen molar-refractivity contribution in [3.8, 4) is 17.2 Å². The Morgan fingerprint density at radius 1 is 1.00 bits per heavy atom. The molecule has 0 saturated carbocycles. The van der Waals surface area contributed by atoms with Crippen LogP contribution in [-0.2, 0) is 14.8 Å². The van der Waals surface area contributed by atoms with Gasteiger partial charge in [0, 0.05) is 23.9 Å². The van der Waals surface area contributed by atoms with E-state index in [-0.39, 0.29) is 11.4 Å². The molecule has 1 amide bonds. The second-order valence-electron chi connectivity index (χ2n) is 6.53. The summed E-state index contributed by atoms with van der Waals surface area (Å²) < 4.78 is 43.6. The van der Waals surface area contributed by atoms with Gasteiger partial charge in [-0.25, -0.2) is 8.42 Å². The lowest BCUT2D eigenvalue weighted by Gasteiger charge is -2.32. The zero-order chi connectivity index (χ0) is 22.1. The van der Waals surface area contributed by atoms with E-state index >= 15 is 0 Å². The number of allylic oxidation sites excluding steroid dienone is 1. The minimum absolute atomic E-state index is 0.150. The number of amides is 1. The molecular formula is C21H24N2O6S. The van der Waals surface area contributed by atoms with E-state index in [9.17, 15) is 13.2 Å². The minimum atomic E-state index is -4.07. The molecule has 30 heavy (non-hydrogen) atoms. The standard InChI is InChI=1S/C21H24N2O6S/c1-6-23-17-12-19(29-5)18(28-4)11-16(17)13(2)20(30(23,25)26)21(24)22-14-7-9-15(27-3)10-8-14/h7-12H,6H2,1-5H3,(H,22,24). The Morgan fingerprint density at radius 2 is 1.60 bits per heavy atom. The van der Waals surface area contributed by atoms with Gasteiger partial charge in [-0.3, -0.25) is 9.10 Å². The van der Waals surface area contributed by atoms with E-state index in [1.54, 1.807) is 50.2 Å². The molecule has 160 valence electrons. The number of fused-ring (bicyclic) bond motifs is 1. The van der Waals surface area contributed by atoms with E-state index in [4.69, 9.17) is 14.2 Å². The number of nitrogens with one attached hydrogen (secondary N) is 1. The molecule has 0 saturated heterocycles. The molecule has 2 aromatic rings. The van der Waals surface area contributed by atoms with Gasteiger partial charge in [0.05, 0.1) is 27.0 Å². The number of nitrogens with zero attached hydrogens (tertiary/aromatic N) is 1. The van der Waals surface area contributed by atoms with Crippen LogP contribution < -0.4 is 23.8 Å². The van der Waals surface area contributed by atoms with Crippen LogP contribution in [0.2, 0.25) is 0 Å². The molecule has 8 nitrogen and oxygen atoms in total. The maximum Gasteiger partial charge on any atom is 0.270 e. The van der Waals surface area contributed by atoms with Crippen molar-refractivity contribution >= 4 is 32.9 Å². The molecule has 1 heterocycles. The molecule has 0 aliphatic carbocycles. The zero-order valence-corrected chi connectivity index (χ0v) is 18.3. The maximum absolute atomic E-state index is 13.3. The Kier molecular flexibility index (Phi) is 5.93. The van der Waals surface area contributed by atoms with Gasteiger partial charge in [-0.2, -0.15) is 0 Å². The predicted octanol–water partition coefficient (Wildman–Crippen LogP) is 3.25. The molecule has 9 heteroatoms. The lowest BCUT2D eigenvalue weighted by Crippen LogP contribution is -2.39. The van der Waals surface area contributed by atoms with Crippen LogP contribution in [0.15, 0.2) is 41.3 Å². The van der Waals surface area contributed by atoms with Crippen molar-refractivity contribution < 1.29 is 27.4 Å². The molecule has 2 aromatic carbocycles. The van der Waals surface area contributed by atoms with Crippen molar-refractivity contribution in [1.29, 1.82) is 0 Å². The predicted molar refractivity (Wildman–Crippen MR) is 116 cm³/mol. The minimum Gasteiger partial charge on any atom is -0.497 e. The van der Waals surface area contributed by atoms with Crippen LogP contribution >= 0.6 is 0 Å². The van der Waals surface area contributed by atoms with Crippen molar-refractivity contribution in [3.05, 3.63) is 46.9 Å². The number of hydrogen-bond acceptors (Lipinski definition) is 6. The second kappa shape index (κ2) is 8.27. The van der Waals surface area contributed by atoms with Crippen molar-refractivity contribution in [3.63, 3.8) is 0 Å². The normalized spacial score (nSPS) is 14.8. The van der Waals surface area contributed by atoms with Gasteiger partial charge in [0.15, 0.2) is 16.4 Å². The average Bonchev–Trinajstić information content (AvgIpc) is 2.73. The Labute approximate surface area is 176 Å². The van der Waals surface area contributed by atoms with Crippen LogP contribution in [0.5, 0.6) is 17.2 Å². The molecule has 1 aliphatic rings. The highest BCUT2D eigenvalue weighted by Gasteiger charge is 2.39. The largest absolute Gasteiger partial charge is 0.497 e. The number of anilines is 2. The van der Waals surface area contributed by atoms with Gasteiger partial charge in [0.1, 0.15) is 5.75 Å². The lowest BCUT2D eigenvalue weighted by atomic mass is 10.0. The summed E-state index contributed by atoms with van der Waals surface area (Å²) in [4.78, 5) is 12.7. The summed E-state index contributed by atoms with van der Waals surface area (Å²) in [7, 11) is 0.442. The molecular weight excluding hydrogens is 408 g/mol. The van der Waals surface area contributed by atoms with Crippen LogP contribution in [0, 0.1) is 0 Å². The van der Waals surface area contributed by atoms with E-state index in [1.165, 1.54) is 25.6 Å². The van der Waals surface area contributed by atoms with Gasteiger partial charge in [-0.1, -0.05) is 0 Å². The van der Waals surface area contributed by atoms with Crippen LogP contribution in [0.25, 0.3) is 5.57 Å². The van der Waals surface area contributed by atoms with E-state index in [2.05, 4.69) is 5.32 Å². The molecule has 1 aliphatic heterocycles. The number of sulfonamides is 1. The second-order valence-corrected chi connectivity index (χ2v) is 8.33. The molecule has 0 bridgehead atoms. The first kappa shape index (κ1) is 21.5. The lowest BCUT2D eigenvalue weighted by molar-refractivity contribution is -0.112. The monoisotopic (exact) mass is 432 g/mol. The molecule has 0 spiro atoms. The van der Waals surface area contributed by atoms with Crippen molar-refractivity contribution in [2.24, 2.45) is 0 Å². The van der Waals surface area contributed by atoms with Crippen LogP contribution in [0.4, 0.5) is 11.4 Å². The van der Waals surface area contributed by atoms with Gasteiger partial charge in [-0.05, 0) is 49.8 Å². The van der Waals surface area contributed by atoms with Crippen LogP contribution in [-0.4, -0.2) is 42.2 Å². The Bertz CT molecular complexity index is 1110. The highest BCUT2D eigenvalue weighted by Crippen LogP contribution is 2.44. The Balaban J connectivity index is 2.13. The zero-order valence-electron chi connectivity index (χ0n) is 17.5. The number of hydrogen-bond donors (Lipinski definition) is 1. The molecule has 3 rings (SSSR count). The van der Waals surface area contributed by atoms with E-state index in [1.807, 2.05) is 0 Å². The van der Waals surface area contributed by atoms with Crippen molar-refractivity contribution in [1.82, 2.24) is 0 Å². The van der Waals surface area contributed by atoms with Crippen LogP contribution in [0.1, 0.15) is 19.4 Å². The number of ether oxygens (including phenoxy) is 3. The summed E-state index contributed by atoms with van der Waals surface area (Å²) in [6, 6.07) is 9.93. The third-order valence-electron chi connectivity index (χ3n) is 4.90. The SMILES string of the molecule is CCN1c2cc(OC)c(OC)cc2C(C)=C(C(=O)Nc2ccc(OC)cc2)S1(=O)=O. The highest BCUT2D eigenvalue weighted by molar-refractivity contribution is 7.97. The molecule has 0 radical (unpaired) electrons. The molecule has 0 aromatic heterocycles. The Morgan fingerprint density at radius 3 is 2.13 bits per heavy atom. The summed E-state index contributed by atoms with van der Waals surface area (Å²) >= 11 is 0. The van der Waals surface area contributed by atoms with Gasteiger partial charge in [0.2, 0.25) is 0 Å². The first-order valence-corrected chi connectivity index (χ1v) is 10.7. The summed E-state index contributed by atoms with van der Waals surface area (Å²) in [6.07, 6.45) is 0. The fraction of sp³-hybridized carbons (Fsp3) is 0.286. The van der Waals surface area contributed by atoms with Crippen molar-refractivity contribution in [2.45, 2.75) is 13.8 Å². The van der Waals surface area contributed by atoms with Crippen molar-refractivity contribution in [2.75, 3.05) is 37.5 Å². The van der Waals surface area contributed by atoms with Gasteiger partial charge in [-0.15, -0.1) is 0 Å². The highest BCUT2D eigenvalue weighted by atomic mass is 32.2. The number of benzene rings is 2. The maximum atomic E-state index is 13.3. The smallest absolute Gasteiger partial charge is 0.270 e. The molecule has 0 unspecified atom stereocenters. The van der Waals surface area contributed by atoms with Crippen LogP contribution in [0.3, 0.4) is 0 Å². The van der Waals surface area contributed by atoms with Gasteiger partial charge < -0.3 is 19.5 Å². The summed E-state index contributed by atoms with van der Waals surface area (Å²) in [5, 5.41) is 2.66. The third-order valence-corrected chi connectivity index (χ3v) is 6.95. The summed E-state index contributed by atoms with van der Waals surface area (Å²) in [5.41, 5.74) is 1.82. The first-order valence-electron chi connectivity index (χ1n) is 9.23. The molecule has 1 N–H and O–H groups in total. The summed E-state index contributed by atoms with van der Waals surface area (Å²) in [6.45, 7) is 3.47. The first-order chi connectivity index (χ1) is 14.3. The van der Waals surface area contributed by atoms with E-state index < -0.39 is 15.9 Å². The number of carbonyl (C=O) groups is 1. The summed E-state index contributed by atoms with van der Waals surface area (Å²) in [5.74, 6) is 0.766. The fourth-order valence-electron chi connectivity index (χ4n) is 3.42. The fourth-order valence-corrected chi connectivity index (χ4v) is 5.17. The number of rotatable bonds is 6. The molecule has 0 atom stereocenters. The number of methoxy groups -OCH3 is 3. The Hall–Kier alpha value is -3.20. The third kappa shape index (κ3) is 3.56. The van der Waals surface area contributed by atoms with E-state index in [0.717, 1.165) is 0 Å². The quantitative estimate of drug-likeness (QED) is 0.753. The van der Waals surface area contributed by atoms with E-state index in [0.29, 0.717) is 39.8 Å². The average molecular weight is 432 g/mol. The molecule has 0 fully saturated rings. The van der Waals surface area contributed by atoms with Gasteiger partial charge in [0.25, 0.3) is 15.9 Å². The number of carbonyl (C=O) groups excluding carboxylic acids is 1. The topological polar surface area (TPSA) is 94.2 Å².